The number of furan rings is 1. The second kappa shape index (κ2) is 5.04. The van der Waals surface area contributed by atoms with Crippen LogP contribution in [-0.2, 0) is 0 Å². The van der Waals surface area contributed by atoms with Crippen LogP contribution in [-0.4, -0.2) is 31.9 Å². The smallest absolute Gasteiger partial charge is 0.371 e. The van der Waals surface area contributed by atoms with Crippen LogP contribution >= 0.6 is 0 Å². The van der Waals surface area contributed by atoms with E-state index in [4.69, 9.17) is 9.52 Å². The summed E-state index contributed by atoms with van der Waals surface area (Å²) >= 11 is 0. The van der Waals surface area contributed by atoms with E-state index in [1.54, 1.807) is 12.1 Å². The number of aromatic carboxylic acids is 1. The molecule has 7 heteroatoms. The maximum atomic E-state index is 12.1. The third-order valence-electron chi connectivity index (χ3n) is 2.75. The van der Waals surface area contributed by atoms with Gasteiger partial charge in [0.15, 0.2) is 11.5 Å². The second-order valence-corrected chi connectivity index (χ2v) is 4.15. The second-order valence-electron chi connectivity index (χ2n) is 4.15. The number of benzene rings is 1. The molecule has 1 N–H and O–H groups in total. The van der Waals surface area contributed by atoms with Crippen LogP contribution in [0.3, 0.4) is 0 Å². The highest BCUT2D eigenvalue weighted by Crippen LogP contribution is 2.13. The summed E-state index contributed by atoms with van der Waals surface area (Å²) in [6, 6.07) is 11.6. The van der Waals surface area contributed by atoms with Crippen molar-refractivity contribution >= 4 is 11.8 Å². The number of aromatic nitrogens is 3. The lowest BCUT2D eigenvalue weighted by molar-refractivity contribution is 0.0660. The van der Waals surface area contributed by atoms with Gasteiger partial charge in [-0.25, -0.2) is 4.79 Å². The van der Waals surface area contributed by atoms with Crippen LogP contribution in [0.15, 0.2) is 53.1 Å². The number of hydrogen-bond acceptors (Lipinski definition) is 5. The third kappa shape index (κ3) is 2.44. The first kappa shape index (κ1) is 12.8. The molecule has 0 saturated carbocycles. The SMILES string of the molecule is O=C(O)c1ccc(C(=O)c2cnn(-c3ccccc3)n2)o1. The molecule has 0 aliphatic rings. The summed E-state index contributed by atoms with van der Waals surface area (Å²) in [5, 5.41) is 16.8. The minimum Gasteiger partial charge on any atom is -0.475 e. The molecule has 1 aromatic carbocycles. The van der Waals surface area contributed by atoms with Crippen molar-refractivity contribution in [3.05, 3.63) is 65.9 Å². The molecule has 3 aromatic rings. The van der Waals surface area contributed by atoms with E-state index in [9.17, 15) is 9.59 Å². The molecule has 21 heavy (non-hydrogen) atoms. The predicted molar refractivity (Wildman–Crippen MR) is 70.5 cm³/mol. The first-order valence-electron chi connectivity index (χ1n) is 6.01. The Morgan fingerprint density at radius 1 is 1.05 bits per heavy atom. The topological polar surface area (TPSA) is 98.2 Å². The van der Waals surface area contributed by atoms with Crippen LogP contribution < -0.4 is 0 Å². The predicted octanol–water partition coefficient (Wildman–Crippen LogP) is 1.79. The number of carbonyl (C=O) groups is 2. The van der Waals surface area contributed by atoms with Gasteiger partial charge in [-0.15, -0.1) is 5.10 Å². The number of para-hydroxylation sites is 1. The Morgan fingerprint density at radius 3 is 2.43 bits per heavy atom. The molecular weight excluding hydrogens is 274 g/mol. The zero-order valence-electron chi connectivity index (χ0n) is 10.6. The van der Waals surface area contributed by atoms with E-state index >= 15 is 0 Å². The fraction of sp³-hybridized carbons (Fsp3) is 0. The summed E-state index contributed by atoms with van der Waals surface area (Å²) in [5.41, 5.74) is 0.785. The molecule has 0 aliphatic carbocycles. The van der Waals surface area contributed by atoms with E-state index < -0.39 is 11.8 Å². The van der Waals surface area contributed by atoms with Gasteiger partial charge in [-0.05, 0) is 24.3 Å². The van der Waals surface area contributed by atoms with E-state index in [0.717, 1.165) is 0 Å². The average Bonchev–Trinajstić information content (AvgIpc) is 3.17. The summed E-state index contributed by atoms with van der Waals surface area (Å²) in [6.45, 7) is 0. The molecule has 0 saturated heterocycles. The molecular formula is C14H9N3O4. The van der Waals surface area contributed by atoms with Gasteiger partial charge in [-0.2, -0.15) is 9.90 Å². The molecule has 0 fully saturated rings. The van der Waals surface area contributed by atoms with Gasteiger partial charge >= 0.3 is 5.97 Å². The summed E-state index contributed by atoms with van der Waals surface area (Å²) < 4.78 is 4.95. The van der Waals surface area contributed by atoms with E-state index in [1.807, 2.05) is 18.2 Å². The molecule has 0 spiro atoms. The summed E-state index contributed by atoms with van der Waals surface area (Å²) in [4.78, 5) is 24.2. The zero-order chi connectivity index (χ0) is 14.8. The Hall–Kier alpha value is -3.22. The zero-order valence-corrected chi connectivity index (χ0v) is 10.6. The van der Waals surface area contributed by atoms with E-state index in [-0.39, 0.29) is 17.2 Å². The van der Waals surface area contributed by atoms with E-state index in [1.165, 1.54) is 23.1 Å². The van der Waals surface area contributed by atoms with Gasteiger partial charge in [0.2, 0.25) is 11.5 Å². The van der Waals surface area contributed by atoms with Gasteiger partial charge in [0.25, 0.3) is 0 Å². The van der Waals surface area contributed by atoms with Crippen LogP contribution in [0.5, 0.6) is 0 Å². The summed E-state index contributed by atoms with van der Waals surface area (Å²) in [7, 11) is 0. The first-order chi connectivity index (χ1) is 10.1. The highest BCUT2D eigenvalue weighted by Gasteiger charge is 2.19. The molecule has 2 aromatic heterocycles. The van der Waals surface area contributed by atoms with Crippen molar-refractivity contribution in [3.63, 3.8) is 0 Å². The minimum atomic E-state index is -1.23. The number of carbonyl (C=O) groups excluding carboxylic acids is 1. The lowest BCUT2D eigenvalue weighted by atomic mass is 10.2. The lowest BCUT2D eigenvalue weighted by Crippen LogP contribution is -2.04. The van der Waals surface area contributed by atoms with Crippen LogP contribution in [0.2, 0.25) is 0 Å². The molecule has 104 valence electrons. The van der Waals surface area contributed by atoms with Crippen molar-refractivity contribution in [2.24, 2.45) is 0 Å². The van der Waals surface area contributed by atoms with Crippen molar-refractivity contribution in [2.45, 2.75) is 0 Å². The number of rotatable bonds is 4. The quantitative estimate of drug-likeness (QED) is 0.733. The van der Waals surface area contributed by atoms with E-state index in [0.29, 0.717) is 5.69 Å². The average molecular weight is 283 g/mol. The van der Waals surface area contributed by atoms with E-state index in [2.05, 4.69) is 10.2 Å². The Kier molecular flexibility index (Phi) is 3.07. The number of carboxylic acid groups (broad SMARTS) is 1. The van der Waals surface area contributed by atoms with Gasteiger partial charge in [0, 0.05) is 0 Å². The van der Waals surface area contributed by atoms with Crippen molar-refractivity contribution in [1.82, 2.24) is 15.0 Å². The monoisotopic (exact) mass is 283 g/mol. The van der Waals surface area contributed by atoms with Crippen molar-refractivity contribution < 1.29 is 19.1 Å². The maximum Gasteiger partial charge on any atom is 0.371 e. The van der Waals surface area contributed by atoms with Gasteiger partial charge in [-0.3, -0.25) is 4.79 Å². The van der Waals surface area contributed by atoms with Crippen molar-refractivity contribution in [2.75, 3.05) is 0 Å². The normalized spacial score (nSPS) is 10.5. The van der Waals surface area contributed by atoms with Crippen LogP contribution in [0.1, 0.15) is 26.8 Å². The standard InChI is InChI=1S/C14H9N3O4/c18-13(11-6-7-12(21-11)14(19)20)10-8-15-17(16-10)9-4-2-1-3-5-9/h1-8H,(H,19,20). The Labute approximate surface area is 118 Å². The molecule has 0 unspecified atom stereocenters. The van der Waals surface area contributed by atoms with Gasteiger partial charge in [0.1, 0.15) is 0 Å². The highest BCUT2D eigenvalue weighted by molar-refractivity contribution is 6.06. The van der Waals surface area contributed by atoms with Crippen LogP contribution in [0, 0.1) is 0 Å². The van der Waals surface area contributed by atoms with Crippen LogP contribution in [0.4, 0.5) is 0 Å². The van der Waals surface area contributed by atoms with Crippen molar-refractivity contribution in [1.29, 1.82) is 0 Å². The first-order valence-corrected chi connectivity index (χ1v) is 6.01. The fourth-order valence-electron chi connectivity index (χ4n) is 1.75. The number of carboxylic acids is 1. The number of ketones is 1. The summed E-state index contributed by atoms with van der Waals surface area (Å²) in [5.74, 6) is -2.15. The van der Waals surface area contributed by atoms with Crippen LogP contribution in [0.25, 0.3) is 5.69 Å². The van der Waals surface area contributed by atoms with Crippen molar-refractivity contribution in [3.8, 4) is 5.69 Å². The largest absolute Gasteiger partial charge is 0.475 e. The van der Waals surface area contributed by atoms with Gasteiger partial charge < -0.3 is 9.52 Å². The fourth-order valence-corrected chi connectivity index (χ4v) is 1.75. The lowest BCUT2D eigenvalue weighted by Gasteiger charge is -1.97. The van der Waals surface area contributed by atoms with Gasteiger partial charge in [0.05, 0.1) is 11.9 Å². The summed E-state index contributed by atoms with van der Waals surface area (Å²) in [6.07, 6.45) is 1.30. The molecule has 0 radical (unpaired) electrons. The maximum absolute atomic E-state index is 12.1. The molecule has 0 atom stereocenters. The molecule has 3 rings (SSSR count). The highest BCUT2D eigenvalue weighted by atomic mass is 16.4. The molecule has 0 amide bonds. The van der Waals surface area contributed by atoms with Gasteiger partial charge in [-0.1, -0.05) is 18.2 Å². The molecule has 2 heterocycles. The Morgan fingerprint density at radius 2 is 1.76 bits per heavy atom. The third-order valence-corrected chi connectivity index (χ3v) is 2.75. The molecule has 7 nitrogen and oxygen atoms in total. The molecule has 0 aliphatic heterocycles. The minimum absolute atomic E-state index is 0.0742. The number of hydrogen-bond donors (Lipinski definition) is 1. The Bertz CT molecular complexity index is 805. The molecule has 0 bridgehead atoms. The number of nitrogens with zero attached hydrogens (tertiary/aromatic N) is 3. The Balaban J connectivity index is 1.89.